The molecule has 1 saturated carbocycles. The molecule has 0 radical (unpaired) electrons. The molecule has 0 bridgehead atoms. The summed E-state index contributed by atoms with van der Waals surface area (Å²) in [4.78, 5) is 0. The summed E-state index contributed by atoms with van der Waals surface area (Å²) in [6.45, 7) is 0. The van der Waals surface area contributed by atoms with Gasteiger partial charge in [-0.2, -0.15) is 0 Å². The Morgan fingerprint density at radius 2 is 1.64 bits per heavy atom. The van der Waals surface area contributed by atoms with E-state index in [1.165, 1.54) is 43.2 Å². The Hall–Kier alpha value is -0.490. The van der Waals surface area contributed by atoms with Crippen LogP contribution >= 0.6 is 11.6 Å². The summed E-state index contributed by atoms with van der Waals surface area (Å²) in [6.07, 6.45) is 6.99. The monoisotopic (exact) mass is 208 g/mol. The summed E-state index contributed by atoms with van der Waals surface area (Å²) in [5, 5.41) is 0. The molecular formula is C13H17Cl. The first kappa shape index (κ1) is 10.0. The van der Waals surface area contributed by atoms with Crippen LogP contribution in [0.5, 0.6) is 0 Å². The second kappa shape index (κ2) is 4.84. The summed E-state index contributed by atoms with van der Waals surface area (Å²) in [5.41, 5.74) is 2.74. The van der Waals surface area contributed by atoms with E-state index in [9.17, 15) is 0 Å². The molecular weight excluding hydrogens is 192 g/mol. The van der Waals surface area contributed by atoms with E-state index >= 15 is 0 Å². The highest BCUT2D eigenvalue weighted by Crippen LogP contribution is 2.32. The summed E-state index contributed by atoms with van der Waals surface area (Å²) in [6, 6.07) is 8.84. The summed E-state index contributed by atoms with van der Waals surface area (Å²) < 4.78 is 0. The largest absolute Gasteiger partial charge is 0.122 e. The molecule has 1 heteroatoms. The van der Waals surface area contributed by atoms with Gasteiger partial charge in [-0.3, -0.25) is 0 Å². The highest BCUT2D eigenvalue weighted by molar-refractivity contribution is 6.17. The molecule has 0 unspecified atom stereocenters. The minimum Gasteiger partial charge on any atom is -0.122 e. The lowest BCUT2D eigenvalue weighted by atomic mass is 9.84. The third-order valence-electron chi connectivity index (χ3n) is 3.21. The molecule has 2 rings (SSSR count). The van der Waals surface area contributed by atoms with Crippen LogP contribution in [0.2, 0.25) is 0 Å². The Morgan fingerprint density at radius 1 is 1.00 bits per heavy atom. The van der Waals surface area contributed by atoms with Gasteiger partial charge in [-0.15, -0.1) is 11.6 Å². The van der Waals surface area contributed by atoms with Gasteiger partial charge in [0.1, 0.15) is 0 Å². The van der Waals surface area contributed by atoms with Gasteiger partial charge in [-0.25, -0.2) is 0 Å². The van der Waals surface area contributed by atoms with Crippen molar-refractivity contribution in [2.24, 2.45) is 0 Å². The second-order valence-electron chi connectivity index (χ2n) is 4.21. The van der Waals surface area contributed by atoms with Crippen LogP contribution in [-0.2, 0) is 5.88 Å². The number of alkyl halides is 1. The number of hydrogen-bond acceptors (Lipinski definition) is 0. The molecule has 0 heterocycles. The summed E-state index contributed by atoms with van der Waals surface area (Å²) in [5.74, 6) is 1.44. The molecule has 0 amide bonds. The molecule has 1 aromatic rings. The van der Waals surface area contributed by atoms with E-state index in [1.807, 2.05) is 0 Å². The van der Waals surface area contributed by atoms with Crippen molar-refractivity contribution in [2.45, 2.75) is 43.9 Å². The normalized spacial score (nSPS) is 18.4. The Kier molecular flexibility index (Phi) is 3.47. The zero-order chi connectivity index (χ0) is 9.80. The predicted octanol–water partition coefficient (Wildman–Crippen LogP) is 4.47. The molecule has 0 saturated heterocycles. The van der Waals surface area contributed by atoms with Crippen LogP contribution in [0.15, 0.2) is 24.3 Å². The van der Waals surface area contributed by atoms with Crippen LogP contribution in [0.25, 0.3) is 0 Å². The molecule has 0 spiro atoms. The van der Waals surface area contributed by atoms with Crippen molar-refractivity contribution in [3.8, 4) is 0 Å². The van der Waals surface area contributed by atoms with Gasteiger partial charge in [-0.1, -0.05) is 43.5 Å². The van der Waals surface area contributed by atoms with Gasteiger partial charge in [0.05, 0.1) is 0 Å². The van der Waals surface area contributed by atoms with Crippen LogP contribution in [0.4, 0.5) is 0 Å². The van der Waals surface area contributed by atoms with Crippen molar-refractivity contribution in [3.05, 3.63) is 35.4 Å². The fourth-order valence-electron chi connectivity index (χ4n) is 2.31. The van der Waals surface area contributed by atoms with Gasteiger partial charge in [0.15, 0.2) is 0 Å². The van der Waals surface area contributed by atoms with Crippen molar-refractivity contribution in [3.63, 3.8) is 0 Å². The van der Waals surface area contributed by atoms with Gasteiger partial charge in [0, 0.05) is 5.88 Å². The molecule has 1 aromatic carbocycles. The van der Waals surface area contributed by atoms with Crippen molar-refractivity contribution >= 4 is 11.6 Å². The highest BCUT2D eigenvalue weighted by Gasteiger charge is 2.14. The molecule has 76 valence electrons. The summed E-state index contributed by atoms with van der Waals surface area (Å²) >= 11 is 5.77. The molecule has 0 atom stereocenters. The maximum atomic E-state index is 5.77. The number of benzene rings is 1. The van der Waals surface area contributed by atoms with Crippen molar-refractivity contribution in [1.82, 2.24) is 0 Å². The first-order chi connectivity index (χ1) is 6.90. The third-order valence-corrected chi connectivity index (χ3v) is 3.52. The number of halogens is 1. The molecule has 0 nitrogen and oxygen atoms in total. The molecule has 14 heavy (non-hydrogen) atoms. The van der Waals surface area contributed by atoms with Crippen molar-refractivity contribution in [1.29, 1.82) is 0 Å². The number of hydrogen-bond donors (Lipinski definition) is 0. The lowest BCUT2D eigenvalue weighted by Crippen LogP contribution is -2.04. The minimum absolute atomic E-state index is 0.630. The smallest absolute Gasteiger partial charge is 0.0474 e. The highest BCUT2D eigenvalue weighted by atomic mass is 35.5. The lowest BCUT2D eigenvalue weighted by molar-refractivity contribution is 0.443. The molecule has 1 aliphatic carbocycles. The molecule has 0 aliphatic heterocycles. The van der Waals surface area contributed by atoms with Crippen molar-refractivity contribution < 1.29 is 0 Å². The Balaban J connectivity index is 2.07. The van der Waals surface area contributed by atoms with E-state index in [0.717, 1.165) is 5.92 Å². The van der Waals surface area contributed by atoms with Gasteiger partial charge in [0.2, 0.25) is 0 Å². The topological polar surface area (TPSA) is 0 Å². The summed E-state index contributed by atoms with van der Waals surface area (Å²) in [7, 11) is 0. The maximum absolute atomic E-state index is 5.77. The SMILES string of the molecule is ClCc1ccc(C2CCCCC2)cc1. The molecule has 1 aliphatic rings. The lowest BCUT2D eigenvalue weighted by Gasteiger charge is -2.21. The zero-order valence-corrected chi connectivity index (χ0v) is 9.26. The van der Waals surface area contributed by atoms with Crippen LogP contribution < -0.4 is 0 Å². The zero-order valence-electron chi connectivity index (χ0n) is 8.51. The fraction of sp³-hybridized carbons (Fsp3) is 0.538. The van der Waals surface area contributed by atoms with E-state index in [4.69, 9.17) is 11.6 Å². The fourth-order valence-corrected chi connectivity index (χ4v) is 2.49. The van der Waals surface area contributed by atoms with E-state index in [0.29, 0.717) is 5.88 Å². The Labute approximate surface area is 91.3 Å². The first-order valence-corrected chi connectivity index (χ1v) is 6.08. The number of rotatable bonds is 2. The standard InChI is InChI=1S/C13H17Cl/c14-10-11-6-8-13(9-7-11)12-4-2-1-3-5-12/h6-9,12H,1-5,10H2. The Morgan fingerprint density at radius 3 is 2.21 bits per heavy atom. The molecule has 1 fully saturated rings. The van der Waals surface area contributed by atoms with Gasteiger partial charge < -0.3 is 0 Å². The predicted molar refractivity (Wildman–Crippen MR) is 61.8 cm³/mol. The van der Waals surface area contributed by atoms with Crippen LogP contribution in [0.1, 0.15) is 49.1 Å². The first-order valence-electron chi connectivity index (χ1n) is 5.55. The van der Waals surface area contributed by atoms with E-state index < -0.39 is 0 Å². The molecule has 0 N–H and O–H groups in total. The molecule has 0 aromatic heterocycles. The van der Waals surface area contributed by atoms with E-state index in [-0.39, 0.29) is 0 Å². The van der Waals surface area contributed by atoms with E-state index in [1.54, 1.807) is 0 Å². The average molecular weight is 209 g/mol. The van der Waals surface area contributed by atoms with Gasteiger partial charge in [-0.05, 0) is 29.9 Å². The Bertz CT molecular complexity index is 270. The minimum atomic E-state index is 0.630. The van der Waals surface area contributed by atoms with Crippen LogP contribution in [-0.4, -0.2) is 0 Å². The van der Waals surface area contributed by atoms with Gasteiger partial charge >= 0.3 is 0 Å². The van der Waals surface area contributed by atoms with Crippen molar-refractivity contribution in [2.75, 3.05) is 0 Å². The van der Waals surface area contributed by atoms with Crippen LogP contribution in [0, 0.1) is 0 Å². The maximum Gasteiger partial charge on any atom is 0.0474 e. The average Bonchev–Trinajstić information content (AvgIpc) is 2.30. The second-order valence-corrected chi connectivity index (χ2v) is 4.48. The van der Waals surface area contributed by atoms with Gasteiger partial charge in [0.25, 0.3) is 0 Å². The quantitative estimate of drug-likeness (QED) is 0.629. The third kappa shape index (κ3) is 2.30. The van der Waals surface area contributed by atoms with E-state index in [2.05, 4.69) is 24.3 Å². The van der Waals surface area contributed by atoms with Crippen LogP contribution in [0.3, 0.4) is 0 Å².